The van der Waals surface area contributed by atoms with Crippen LogP contribution in [0.2, 0.25) is 0 Å². The molecule has 0 spiro atoms. The summed E-state index contributed by atoms with van der Waals surface area (Å²) in [5, 5.41) is 3.97. The van der Waals surface area contributed by atoms with Gasteiger partial charge < -0.3 is 24.8 Å². The van der Waals surface area contributed by atoms with Gasteiger partial charge in [-0.3, -0.25) is 9.59 Å². The molecule has 0 atom stereocenters. The number of carbonyl (C=O) groups excluding carboxylic acids is 3. The van der Waals surface area contributed by atoms with Gasteiger partial charge in [0.25, 0.3) is 0 Å². The number of likely N-dealkylation sites (tertiary alicyclic amines) is 1. The number of H-pyrrole nitrogens is 1. The number of para-hydroxylation sites is 1. The largest absolute Gasteiger partial charge is 0.469 e. The maximum Gasteiger partial charge on any atom is 0.318 e. The highest BCUT2D eigenvalue weighted by molar-refractivity contribution is 5.87. The molecule has 3 heterocycles. The zero-order valence-corrected chi connectivity index (χ0v) is 16.6. The third-order valence-corrected chi connectivity index (χ3v) is 5.94. The van der Waals surface area contributed by atoms with Gasteiger partial charge in [-0.1, -0.05) is 18.2 Å². The fraction of sp³-hybridized carbons (Fsp3) is 0.476. The monoisotopic (exact) mass is 398 g/mol. The van der Waals surface area contributed by atoms with E-state index < -0.39 is 0 Å². The minimum atomic E-state index is -0.230. The summed E-state index contributed by atoms with van der Waals surface area (Å²) in [6.45, 7) is 2.12. The molecular weight excluding hydrogens is 372 g/mol. The molecule has 1 aromatic heterocycles. The number of aromatic amines is 1. The van der Waals surface area contributed by atoms with Gasteiger partial charge >= 0.3 is 12.0 Å². The number of methoxy groups -OCH3 is 1. The van der Waals surface area contributed by atoms with Crippen LogP contribution in [-0.4, -0.2) is 66.0 Å². The van der Waals surface area contributed by atoms with E-state index >= 15 is 0 Å². The molecule has 8 heteroatoms. The molecule has 3 amide bonds. The topological polar surface area (TPSA) is 94.7 Å². The van der Waals surface area contributed by atoms with Gasteiger partial charge in [0, 0.05) is 36.2 Å². The summed E-state index contributed by atoms with van der Waals surface area (Å²) in [5.74, 6) is -0.477. The molecule has 2 aromatic rings. The van der Waals surface area contributed by atoms with Gasteiger partial charge in [-0.25, -0.2) is 4.79 Å². The van der Waals surface area contributed by atoms with Gasteiger partial charge in [-0.05, 0) is 30.9 Å². The first kappa shape index (κ1) is 19.3. The van der Waals surface area contributed by atoms with Crippen LogP contribution in [-0.2, 0) is 27.3 Å². The molecule has 1 aromatic carbocycles. The summed E-state index contributed by atoms with van der Waals surface area (Å²) >= 11 is 0. The minimum Gasteiger partial charge on any atom is -0.469 e. The first-order chi connectivity index (χ1) is 14.1. The fourth-order valence-electron chi connectivity index (χ4n) is 4.27. The van der Waals surface area contributed by atoms with Crippen molar-refractivity contribution in [2.24, 2.45) is 5.92 Å². The van der Waals surface area contributed by atoms with Crippen LogP contribution in [0.4, 0.5) is 4.79 Å². The lowest BCUT2D eigenvalue weighted by Gasteiger charge is -2.31. The van der Waals surface area contributed by atoms with Gasteiger partial charge in [0.15, 0.2) is 0 Å². The van der Waals surface area contributed by atoms with Crippen LogP contribution in [0.3, 0.4) is 0 Å². The number of rotatable bonds is 3. The first-order valence-electron chi connectivity index (χ1n) is 10.0. The molecule has 0 radical (unpaired) electrons. The molecular formula is C21H26N4O4. The normalized spacial score (nSPS) is 17.1. The van der Waals surface area contributed by atoms with E-state index in [0.717, 1.165) is 17.6 Å². The van der Waals surface area contributed by atoms with E-state index in [1.165, 1.54) is 18.1 Å². The van der Waals surface area contributed by atoms with E-state index in [9.17, 15) is 14.4 Å². The standard InChI is InChI=1S/C21H26N4O4/c1-29-20(27)14-6-9-24(10-7-14)19(26)12-22-21(28)25-11-8-16-15-4-2-3-5-17(15)23-18(16)13-25/h2-5,14,23H,6-13H2,1H3,(H,22,28). The number of urea groups is 1. The van der Waals surface area contributed by atoms with Crippen molar-refractivity contribution in [3.8, 4) is 0 Å². The van der Waals surface area contributed by atoms with Crippen molar-refractivity contribution in [1.29, 1.82) is 0 Å². The second kappa shape index (κ2) is 8.14. The van der Waals surface area contributed by atoms with Gasteiger partial charge in [0.2, 0.25) is 5.91 Å². The number of fused-ring (bicyclic) bond motifs is 3. The van der Waals surface area contributed by atoms with Crippen LogP contribution >= 0.6 is 0 Å². The molecule has 4 rings (SSSR count). The number of nitrogens with one attached hydrogen (secondary N) is 2. The van der Waals surface area contributed by atoms with Gasteiger partial charge in [0.05, 0.1) is 26.1 Å². The zero-order chi connectivity index (χ0) is 20.4. The van der Waals surface area contributed by atoms with Crippen LogP contribution in [0.15, 0.2) is 24.3 Å². The molecule has 29 heavy (non-hydrogen) atoms. The number of carbonyl (C=O) groups is 3. The van der Waals surface area contributed by atoms with Crippen molar-refractivity contribution in [2.75, 3.05) is 33.3 Å². The Labute approximate surface area is 169 Å². The maximum atomic E-state index is 12.6. The van der Waals surface area contributed by atoms with Gasteiger partial charge in [-0.2, -0.15) is 0 Å². The number of hydrogen-bond donors (Lipinski definition) is 2. The lowest BCUT2D eigenvalue weighted by molar-refractivity contribution is -0.148. The molecule has 2 N–H and O–H groups in total. The van der Waals surface area contributed by atoms with Crippen molar-refractivity contribution in [3.05, 3.63) is 35.5 Å². The van der Waals surface area contributed by atoms with E-state index in [1.807, 2.05) is 18.2 Å². The number of esters is 1. The van der Waals surface area contributed by atoms with Crippen molar-refractivity contribution >= 4 is 28.8 Å². The highest BCUT2D eigenvalue weighted by Gasteiger charge is 2.29. The number of hydrogen-bond acceptors (Lipinski definition) is 4. The Bertz CT molecular complexity index is 930. The molecule has 8 nitrogen and oxygen atoms in total. The van der Waals surface area contributed by atoms with E-state index in [4.69, 9.17) is 4.74 Å². The third-order valence-electron chi connectivity index (χ3n) is 5.94. The Morgan fingerprint density at radius 1 is 1.14 bits per heavy atom. The van der Waals surface area contributed by atoms with Crippen LogP contribution in [0.5, 0.6) is 0 Å². The van der Waals surface area contributed by atoms with Crippen molar-refractivity contribution in [2.45, 2.75) is 25.8 Å². The number of nitrogens with zero attached hydrogens (tertiary/aromatic N) is 2. The van der Waals surface area contributed by atoms with Crippen molar-refractivity contribution < 1.29 is 19.1 Å². The molecule has 0 bridgehead atoms. The predicted octanol–water partition coefficient (Wildman–Crippen LogP) is 1.65. The second-order valence-corrected chi connectivity index (χ2v) is 7.64. The van der Waals surface area contributed by atoms with Crippen LogP contribution in [0.1, 0.15) is 24.1 Å². The Morgan fingerprint density at radius 2 is 1.90 bits per heavy atom. The van der Waals surface area contributed by atoms with Crippen molar-refractivity contribution in [1.82, 2.24) is 20.1 Å². The lowest BCUT2D eigenvalue weighted by Crippen LogP contribution is -2.48. The number of ether oxygens (including phenoxy) is 1. The summed E-state index contributed by atoms with van der Waals surface area (Å²) in [6.07, 6.45) is 1.99. The Morgan fingerprint density at radius 3 is 2.66 bits per heavy atom. The summed E-state index contributed by atoms with van der Waals surface area (Å²) in [5.41, 5.74) is 3.42. The molecule has 0 saturated carbocycles. The number of benzene rings is 1. The van der Waals surface area contributed by atoms with E-state index in [-0.39, 0.29) is 30.4 Å². The quantitative estimate of drug-likeness (QED) is 0.769. The fourth-order valence-corrected chi connectivity index (χ4v) is 4.27. The molecule has 1 fully saturated rings. The Balaban J connectivity index is 1.28. The van der Waals surface area contributed by atoms with E-state index in [0.29, 0.717) is 39.0 Å². The minimum absolute atomic E-state index is 0.0300. The average molecular weight is 398 g/mol. The first-order valence-corrected chi connectivity index (χ1v) is 10.0. The number of aromatic nitrogens is 1. The Hall–Kier alpha value is -3.03. The number of piperidine rings is 1. The van der Waals surface area contributed by atoms with Crippen LogP contribution < -0.4 is 5.32 Å². The van der Waals surface area contributed by atoms with E-state index in [1.54, 1.807) is 9.80 Å². The van der Waals surface area contributed by atoms with Crippen LogP contribution in [0, 0.1) is 5.92 Å². The zero-order valence-electron chi connectivity index (χ0n) is 16.6. The maximum absolute atomic E-state index is 12.6. The molecule has 0 aliphatic carbocycles. The molecule has 2 aliphatic rings. The average Bonchev–Trinajstić information content (AvgIpc) is 3.14. The SMILES string of the molecule is COC(=O)C1CCN(C(=O)CNC(=O)N2CCc3c([nH]c4ccccc34)C2)CC1. The highest BCUT2D eigenvalue weighted by Crippen LogP contribution is 2.27. The summed E-state index contributed by atoms with van der Waals surface area (Å²) < 4.78 is 4.77. The van der Waals surface area contributed by atoms with Gasteiger partial charge in [0.1, 0.15) is 0 Å². The molecule has 1 saturated heterocycles. The molecule has 154 valence electrons. The number of amides is 3. The summed E-state index contributed by atoms with van der Waals surface area (Å²) in [6, 6.07) is 7.93. The highest BCUT2D eigenvalue weighted by atomic mass is 16.5. The smallest absolute Gasteiger partial charge is 0.318 e. The van der Waals surface area contributed by atoms with Gasteiger partial charge in [-0.15, -0.1) is 0 Å². The predicted molar refractivity (Wildman–Crippen MR) is 107 cm³/mol. The Kier molecular flexibility index (Phi) is 5.42. The third kappa shape index (κ3) is 3.92. The summed E-state index contributed by atoms with van der Waals surface area (Å²) in [4.78, 5) is 43.4. The second-order valence-electron chi connectivity index (χ2n) is 7.64. The molecule has 0 unspecified atom stereocenters. The molecule has 2 aliphatic heterocycles. The van der Waals surface area contributed by atoms with Crippen molar-refractivity contribution in [3.63, 3.8) is 0 Å². The van der Waals surface area contributed by atoms with E-state index in [2.05, 4.69) is 16.4 Å². The lowest BCUT2D eigenvalue weighted by atomic mass is 9.97. The van der Waals surface area contributed by atoms with Crippen LogP contribution in [0.25, 0.3) is 10.9 Å². The summed E-state index contributed by atoms with van der Waals surface area (Å²) in [7, 11) is 1.38.